The molecular weight excluding hydrogens is 534 g/mol. The Morgan fingerprint density at radius 1 is 1.17 bits per heavy atom. The van der Waals surface area contributed by atoms with E-state index in [1.54, 1.807) is 32.2 Å². The van der Waals surface area contributed by atoms with E-state index < -0.39 is 11.9 Å². The van der Waals surface area contributed by atoms with Crippen molar-refractivity contribution in [2.24, 2.45) is 0 Å². The fourth-order valence-corrected chi connectivity index (χ4v) is 5.43. The van der Waals surface area contributed by atoms with Crippen molar-refractivity contribution in [2.45, 2.75) is 45.6 Å². The average Bonchev–Trinajstić information content (AvgIpc) is 2.82. The Morgan fingerprint density at radius 3 is 2.66 bits per heavy atom. The van der Waals surface area contributed by atoms with Gasteiger partial charge in [0.25, 0.3) is 0 Å². The second-order valence-electron chi connectivity index (χ2n) is 8.42. The fourth-order valence-electron chi connectivity index (χ4n) is 4.63. The lowest BCUT2D eigenvalue weighted by molar-refractivity contribution is -0.138. The van der Waals surface area contributed by atoms with Gasteiger partial charge in [0, 0.05) is 39.9 Å². The summed E-state index contributed by atoms with van der Waals surface area (Å²) in [6.45, 7) is 4.10. The molecule has 1 atom stereocenters. The molecule has 6 nitrogen and oxygen atoms in total. The van der Waals surface area contributed by atoms with E-state index in [1.807, 2.05) is 25.1 Å². The minimum absolute atomic E-state index is 0.0526. The molecule has 8 heteroatoms. The van der Waals surface area contributed by atoms with E-state index in [-0.39, 0.29) is 19.0 Å². The van der Waals surface area contributed by atoms with E-state index in [4.69, 9.17) is 25.8 Å². The standard InChI is InChI=1S/C27H27BrClNO5/c1-4-34-27(32)24-15(2)30-20-6-5-7-21(31)26(20)25(24)16-8-10-22(33-3)17(12-16)14-35-23-11-9-18(29)13-19(23)28/h8-13,25,30H,4-7,14H2,1-3H3. The number of allylic oxidation sites excluding steroid dienone is 3. The van der Waals surface area contributed by atoms with Gasteiger partial charge in [0.15, 0.2) is 5.78 Å². The number of dihydropyridines is 1. The summed E-state index contributed by atoms with van der Waals surface area (Å²) in [5.41, 5.74) is 4.29. The maximum absolute atomic E-state index is 13.1. The number of nitrogens with one attached hydrogen (secondary N) is 1. The Hall–Kier alpha value is -2.77. The van der Waals surface area contributed by atoms with E-state index in [2.05, 4.69) is 21.2 Å². The number of halogens is 2. The molecule has 0 aromatic heterocycles. The smallest absolute Gasteiger partial charge is 0.336 e. The van der Waals surface area contributed by atoms with E-state index in [0.717, 1.165) is 34.1 Å². The molecule has 4 rings (SSSR count). The highest BCUT2D eigenvalue weighted by Crippen LogP contribution is 2.43. The molecule has 0 spiro atoms. The molecule has 1 aliphatic heterocycles. The second-order valence-corrected chi connectivity index (χ2v) is 9.71. The molecule has 35 heavy (non-hydrogen) atoms. The third-order valence-electron chi connectivity index (χ3n) is 6.19. The summed E-state index contributed by atoms with van der Waals surface area (Å²) < 4.78 is 17.7. The highest BCUT2D eigenvalue weighted by molar-refractivity contribution is 9.10. The normalized spacial score (nSPS) is 17.6. The van der Waals surface area contributed by atoms with Crippen LogP contribution < -0.4 is 14.8 Å². The van der Waals surface area contributed by atoms with Crippen molar-refractivity contribution in [1.29, 1.82) is 0 Å². The van der Waals surface area contributed by atoms with Crippen LogP contribution in [0.2, 0.25) is 5.02 Å². The maximum Gasteiger partial charge on any atom is 0.336 e. The van der Waals surface area contributed by atoms with Gasteiger partial charge in [-0.1, -0.05) is 17.7 Å². The molecule has 0 fully saturated rings. The van der Waals surface area contributed by atoms with Gasteiger partial charge in [0.05, 0.1) is 23.8 Å². The molecule has 0 radical (unpaired) electrons. The van der Waals surface area contributed by atoms with Gasteiger partial charge in [0.1, 0.15) is 18.1 Å². The number of hydrogen-bond donors (Lipinski definition) is 1. The van der Waals surface area contributed by atoms with Gasteiger partial charge in [-0.3, -0.25) is 4.79 Å². The number of ether oxygens (including phenoxy) is 3. The number of ketones is 1. The number of carbonyl (C=O) groups is 2. The lowest BCUT2D eigenvalue weighted by Crippen LogP contribution is -2.34. The quantitative estimate of drug-likeness (QED) is 0.405. The summed E-state index contributed by atoms with van der Waals surface area (Å²) in [6, 6.07) is 11.0. The molecule has 2 aliphatic rings. The molecule has 184 valence electrons. The van der Waals surface area contributed by atoms with Crippen molar-refractivity contribution in [1.82, 2.24) is 5.32 Å². The van der Waals surface area contributed by atoms with Gasteiger partial charge in [-0.15, -0.1) is 0 Å². The molecule has 0 amide bonds. The zero-order valence-electron chi connectivity index (χ0n) is 19.9. The Kier molecular flexibility index (Phi) is 7.87. The van der Waals surface area contributed by atoms with Gasteiger partial charge in [-0.05, 0) is 78.5 Å². The van der Waals surface area contributed by atoms with Crippen molar-refractivity contribution in [3.05, 3.63) is 79.6 Å². The van der Waals surface area contributed by atoms with Gasteiger partial charge < -0.3 is 19.5 Å². The number of methoxy groups -OCH3 is 1. The molecule has 0 saturated heterocycles. The Labute approximate surface area is 218 Å². The van der Waals surface area contributed by atoms with E-state index in [0.29, 0.717) is 39.8 Å². The highest BCUT2D eigenvalue weighted by atomic mass is 79.9. The number of benzene rings is 2. The molecule has 0 saturated carbocycles. The summed E-state index contributed by atoms with van der Waals surface area (Å²) in [5, 5.41) is 3.91. The van der Waals surface area contributed by atoms with Crippen LogP contribution in [0.5, 0.6) is 11.5 Å². The first-order valence-electron chi connectivity index (χ1n) is 11.5. The maximum atomic E-state index is 13.1. The largest absolute Gasteiger partial charge is 0.496 e. The number of rotatable bonds is 7. The van der Waals surface area contributed by atoms with Gasteiger partial charge in [-0.2, -0.15) is 0 Å². The third kappa shape index (κ3) is 5.26. The van der Waals surface area contributed by atoms with Crippen molar-refractivity contribution in [3.8, 4) is 11.5 Å². The molecule has 2 aromatic carbocycles. The first-order chi connectivity index (χ1) is 16.8. The monoisotopic (exact) mass is 559 g/mol. The Balaban J connectivity index is 1.76. The predicted octanol–water partition coefficient (Wildman–Crippen LogP) is 6.22. The average molecular weight is 561 g/mol. The van der Waals surface area contributed by atoms with E-state index >= 15 is 0 Å². The molecule has 1 heterocycles. The predicted molar refractivity (Wildman–Crippen MR) is 138 cm³/mol. The summed E-state index contributed by atoms with van der Waals surface area (Å²) in [6.07, 6.45) is 2.02. The minimum Gasteiger partial charge on any atom is -0.496 e. The number of Topliss-reactive ketones (excluding diaryl/α,β-unsaturated/α-hetero) is 1. The van der Waals surface area contributed by atoms with Crippen LogP contribution in [0.3, 0.4) is 0 Å². The third-order valence-corrected chi connectivity index (χ3v) is 7.04. The zero-order valence-corrected chi connectivity index (χ0v) is 22.2. The minimum atomic E-state index is -0.523. The molecule has 1 N–H and O–H groups in total. The van der Waals surface area contributed by atoms with Gasteiger partial charge in [-0.25, -0.2) is 4.79 Å². The van der Waals surface area contributed by atoms with Crippen LogP contribution in [-0.2, 0) is 20.9 Å². The fraction of sp³-hybridized carbons (Fsp3) is 0.333. The number of esters is 1. The molecule has 0 bridgehead atoms. The van der Waals surface area contributed by atoms with Crippen molar-refractivity contribution >= 4 is 39.3 Å². The zero-order chi connectivity index (χ0) is 25.1. The van der Waals surface area contributed by atoms with Crippen LogP contribution in [0.25, 0.3) is 0 Å². The van der Waals surface area contributed by atoms with Gasteiger partial charge in [0.2, 0.25) is 0 Å². The Bertz CT molecular complexity index is 1240. The SMILES string of the molecule is CCOC(=O)C1=C(C)NC2=C(C(=O)CCC2)C1c1ccc(OC)c(COc2ccc(Cl)cc2Br)c1. The molecular formula is C27H27BrClNO5. The number of hydrogen-bond acceptors (Lipinski definition) is 6. The van der Waals surface area contributed by atoms with Gasteiger partial charge >= 0.3 is 5.97 Å². The van der Waals surface area contributed by atoms with Crippen LogP contribution in [-0.4, -0.2) is 25.5 Å². The summed E-state index contributed by atoms with van der Waals surface area (Å²) in [5.74, 6) is 0.391. The number of carbonyl (C=O) groups excluding carboxylic acids is 2. The van der Waals surface area contributed by atoms with Crippen LogP contribution in [0.4, 0.5) is 0 Å². The van der Waals surface area contributed by atoms with Crippen molar-refractivity contribution in [3.63, 3.8) is 0 Å². The van der Waals surface area contributed by atoms with E-state index in [1.165, 1.54) is 0 Å². The molecule has 2 aromatic rings. The summed E-state index contributed by atoms with van der Waals surface area (Å²) in [4.78, 5) is 26.1. The first kappa shape index (κ1) is 25.3. The van der Waals surface area contributed by atoms with E-state index in [9.17, 15) is 9.59 Å². The lowest BCUT2D eigenvalue weighted by Gasteiger charge is -2.34. The van der Waals surface area contributed by atoms with Crippen LogP contribution >= 0.6 is 27.5 Å². The van der Waals surface area contributed by atoms with Crippen molar-refractivity contribution < 1.29 is 23.8 Å². The molecule has 1 unspecified atom stereocenters. The lowest BCUT2D eigenvalue weighted by atomic mass is 9.75. The summed E-state index contributed by atoms with van der Waals surface area (Å²) in [7, 11) is 1.60. The Morgan fingerprint density at radius 2 is 1.94 bits per heavy atom. The highest BCUT2D eigenvalue weighted by Gasteiger charge is 2.39. The van der Waals surface area contributed by atoms with Crippen LogP contribution in [0, 0.1) is 0 Å². The first-order valence-corrected chi connectivity index (χ1v) is 12.7. The topological polar surface area (TPSA) is 73.9 Å². The summed E-state index contributed by atoms with van der Waals surface area (Å²) >= 11 is 9.52. The van der Waals surface area contributed by atoms with Crippen molar-refractivity contribution in [2.75, 3.05) is 13.7 Å². The second kappa shape index (κ2) is 10.9. The van der Waals surface area contributed by atoms with Crippen LogP contribution in [0.1, 0.15) is 50.2 Å². The van der Waals surface area contributed by atoms with Crippen LogP contribution in [0.15, 0.2) is 63.4 Å². The molecule has 1 aliphatic carbocycles.